The lowest BCUT2D eigenvalue weighted by Gasteiger charge is -2.44. The maximum atomic E-state index is 2.55. The van der Waals surface area contributed by atoms with Crippen molar-refractivity contribution in [2.24, 2.45) is 0 Å². The molecule has 0 nitrogen and oxygen atoms in total. The molecule has 13 aromatic rings. The van der Waals surface area contributed by atoms with Crippen molar-refractivity contribution < 1.29 is 0 Å². The molecule has 0 aliphatic heterocycles. The molecule has 13 aromatic carbocycles. The molecule has 2 atom stereocenters. The predicted octanol–water partition coefficient (Wildman–Crippen LogP) is 20.5. The van der Waals surface area contributed by atoms with E-state index in [9.17, 15) is 0 Å². The van der Waals surface area contributed by atoms with Crippen molar-refractivity contribution in [3.8, 4) is 44.5 Å². The summed E-state index contributed by atoms with van der Waals surface area (Å²) in [7, 11) is 0. The summed E-state index contributed by atoms with van der Waals surface area (Å²) in [6.07, 6.45) is 0. The Balaban J connectivity index is 0.921. The largest absolute Gasteiger partial charge is 0.0619 e. The fourth-order valence-electron chi connectivity index (χ4n) is 17.8. The van der Waals surface area contributed by atoms with Gasteiger partial charge in [0.1, 0.15) is 0 Å². The zero-order valence-corrected chi connectivity index (χ0v) is 46.8. The standard InChI is InChI=1S/C85H56/c1-9-32-58-50(24-1)51-25-2-10-33-59(51)76(58)70-44-21-45-71(77-60-34-11-3-26-52(60)53-27-4-12-35-61(53)77)83(70)81-68-42-19-17-40-66(68)80-67-41-18-20-43-69(67)82(75-49-23-48-74(81)85(75)80)84-72(78-62-36-13-5-28-54(62)55-29-6-14-37-63(55)78)46-22-47-73(84)79-64-38-15-7-30-56(64)57-31-8-16-39-65(57)79/h1-49,76-82H. The van der Waals surface area contributed by atoms with Crippen LogP contribution in [0.5, 0.6) is 0 Å². The zero-order chi connectivity index (χ0) is 55.4. The van der Waals surface area contributed by atoms with Gasteiger partial charge < -0.3 is 0 Å². The first-order chi connectivity index (χ1) is 42.3. The molecule has 0 heteroatoms. The molecule has 6 aliphatic carbocycles. The molecule has 0 amide bonds. The first-order valence-corrected chi connectivity index (χ1v) is 30.6. The van der Waals surface area contributed by atoms with Crippen LogP contribution >= 0.6 is 0 Å². The van der Waals surface area contributed by atoms with Crippen LogP contribution in [0.15, 0.2) is 297 Å². The van der Waals surface area contributed by atoms with Crippen LogP contribution in [-0.2, 0) is 0 Å². The average molecular weight is 1080 g/mol. The van der Waals surface area contributed by atoms with E-state index in [0.717, 1.165) is 0 Å². The smallest absolute Gasteiger partial charge is 0.0355 e. The fourth-order valence-corrected chi connectivity index (χ4v) is 17.8. The van der Waals surface area contributed by atoms with Gasteiger partial charge in [-0.05, 0) is 161 Å². The lowest BCUT2D eigenvalue weighted by atomic mass is 9.58. The van der Waals surface area contributed by atoms with E-state index in [0.29, 0.717) is 0 Å². The number of benzene rings is 13. The van der Waals surface area contributed by atoms with Gasteiger partial charge in [0.05, 0.1) is 0 Å². The van der Waals surface area contributed by atoms with Crippen LogP contribution in [0.2, 0.25) is 0 Å². The van der Waals surface area contributed by atoms with E-state index in [1.165, 1.54) is 161 Å². The average Bonchev–Trinajstić information content (AvgIpc) is 1.33. The minimum atomic E-state index is -0.0868. The molecule has 0 fully saturated rings. The molecule has 0 heterocycles. The molecule has 0 N–H and O–H groups in total. The molecule has 6 aliphatic rings. The molecule has 2 unspecified atom stereocenters. The Morgan fingerprint density at radius 2 is 0.235 bits per heavy atom. The Kier molecular flexibility index (Phi) is 10.1. The van der Waals surface area contributed by atoms with Crippen molar-refractivity contribution in [2.75, 3.05) is 0 Å². The highest BCUT2D eigenvalue weighted by atomic mass is 14.5. The van der Waals surface area contributed by atoms with Crippen LogP contribution in [-0.4, -0.2) is 0 Å². The molecule has 85 heavy (non-hydrogen) atoms. The monoisotopic (exact) mass is 1080 g/mol. The van der Waals surface area contributed by atoms with Gasteiger partial charge in [-0.15, -0.1) is 0 Å². The summed E-state index contributed by atoms with van der Waals surface area (Å²) in [5.41, 5.74) is 40.1. The van der Waals surface area contributed by atoms with E-state index in [2.05, 4.69) is 297 Å². The molecule has 0 radical (unpaired) electrons. The quantitative estimate of drug-likeness (QED) is 0.156. The van der Waals surface area contributed by atoms with Crippen molar-refractivity contribution in [1.82, 2.24) is 0 Å². The molecule has 19 rings (SSSR count). The van der Waals surface area contributed by atoms with Crippen LogP contribution in [0.4, 0.5) is 0 Å². The summed E-state index contributed by atoms with van der Waals surface area (Å²) in [6, 6.07) is 116. The van der Waals surface area contributed by atoms with Crippen molar-refractivity contribution in [2.45, 2.75) is 41.4 Å². The van der Waals surface area contributed by atoms with Crippen LogP contribution in [0, 0.1) is 0 Å². The Morgan fingerprint density at radius 1 is 0.106 bits per heavy atom. The van der Waals surface area contributed by atoms with Crippen LogP contribution < -0.4 is 0 Å². The van der Waals surface area contributed by atoms with Crippen molar-refractivity contribution in [1.29, 1.82) is 0 Å². The highest BCUT2D eigenvalue weighted by molar-refractivity contribution is 5.87. The Hall–Kier alpha value is -10.1. The van der Waals surface area contributed by atoms with E-state index in [1.54, 1.807) is 0 Å². The summed E-state index contributed by atoms with van der Waals surface area (Å²) >= 11 is 0. The molecule has 0 spiro atoms. The summed E-state index contributed by atoms with van der Waals surface area (Å²) < 4.78 is 0. The predicted molar refractivity (Wildman–Crippen MR) is 346 cm³/mol. The summed E-state index contributed by atoms with van der Waals surface area (Å²) in [6.45, 7) is 0. The first kappa shape index (κ1) is 47.4. The minimum absolute atomic E-state index is 0.0269. The highest BCUT2D eigenvalue weighted by Gasteiger charge is 2.47. The second-order valence-corrected chi connectivity index (χ2v) is 24.5. The number of rotatable bonds is 6. The normalized spacial score (nSPS) is 17.1. The minimum Gasteiger partial charge on any atom is -0.0619 e. The van der Waals surface area contributed by atoms with Gasteiger partial charge in [0.2, 0.25) is 0 Å². The van der Waals surface area contributed by atoms with E-state index in [4.69, 9.17) is 0 Å². The second kappa shape index (κ2) is 18.2. The number of hydrogen-bond donors (Lipinski definition) is 0. The van der Waals surface area contributed by atoms with Crippen LogP contribution in [0.1, 0.15) is 158 Å². The third-order valence-electron chi connectivity index (χ3n) is 20.8. The molecule has 0 bridgehead atoms. The van der Waals surface area contributed by atoms with Gasteiger partial charge in [0, 0.05) is 41.4 Å². The van der Waals surface area contributed by atoms with Gasteiger partial charge in [-0.1, -0.05) is 297 Å². The molecule has 396 valence electrons. The lowest BCUT2D eigenvalue weighted by Crippen LogP contribution is -2.29. The van der Waals surface area contributed by atoms with Gasteiger partial charge in [-0.25, -0.2) is 0 Å². The number of hydrogen-bond acceptors (Lipinski definition) is 0. The zero-order valence-electron chi connectivity index (χ0n) is 46.8. The van der Waals surface area contributed by atoms with Crippen LogP contribution in [0.25, 0.3) is 44.5 Å². The van der Waals surface area contributed by atoms with Gasteiger partial charge in [0.15, 0.2) is 0 Å². The van der Waals surface area contributed by atoms with Crippen molar-refractivity contribution in [3.05, 3.63) is 414 Å². The fraction of sp³-hybridized carbons (Fsp3) is 0.0824. The highest BCUT2D eigenvalue weighted by Crippen LogP contribution is 2.63. The Labute approximate surface area is 497 Å². The first-order valence-electron chi connectivity index (χ1n) is 30.6. The maximum Gasteiger partial charge on any atom is 0.0355 e. The van der Waals surface area contributed by atoms with Gasteiger partial charge in [-0.3, -0.25) is 0 Å². The van der Waals surface area contributed by atoms with E-state index in [1.807, 2.05) is 0 Å². The van der Waals surface area contributed by atoms with Crippen molar-refractivity contribution in [3.63, 3.8) is 0 Å². The lowest BCUT2D eigenvalue weighted by molar-refractivity contribution is 0.733. The summed E-state index contributed by atoms with van der Waals surface area (Å²) in [4.78, 5) is 0. The molecule has 0 saturated carbocycles. The molecular weight excluding hydrogens is 1020 g/mol. The van der Waals surface area contributed by atoms with Crippen molar-refractivity contribution >= 4 is 0 Å². The van der Waals surface area contributed by atoms with Gasteiger partial charge in [-0.2, -0.15) is 0 Å². The van der Waals surface area contributed by atoms with E-state index < -0.39 is 0 Å². The molecule has 0 saturated heterocycles. The maximum absolute atomic E-state index is 2.55. The Morgan fingerprint density at radius 3 is 0.424 bits per heavy atom. The number of fused-ring (bicyclic) bond motifs is 16. The second-order valence-electron chi connectivity index (χ2n) is 24.5. The van der Waals surface area contributed by atoms with E-state index in [-0.39, 0.29) is 41.4 Å². The van der Waals surface area contributed by atoms with Crippen LogP contribution in [0.3, 0.4) is 0 Å². The summed E-state index contributed by atoms with van der Waals surface area (Å²) in [5.74, 6) is 0.00480. The van der Waals surface area contributed by atoms with Gasteiger partial charge >= 0.3 is 0 Å². The molecular formula is C85H56. The summed E-state index contributed by atoms with van der Waals surface area (Å²) in [5, 5.41) is 0. The van der Waals surface area contributed by atoms with Gasteiger partial charge in [0.25, 0.3) is 0 Å². The topological polar surface area (TPSA) is 0 Å². The molecule has 0 aromatic heterocycles. The Bertz CT molecular complexity index is 4250. The third-order valence-corrected chi connectivity index (χ3v) is 20.8. The van der Waals surface area contributed by atoms with E-state index >= 15 is 0 Å². The third kappa shape index (κ3) is 6.52. The SMILES string of the molecule is c1ccc2c(c1)-c1ccccc1C2c1cccc(C2c3ccccc3-c3ccccc32)c1C1c2ccccc2C2c3ccccc3C(c3c(C4c5ccccc5-c5ccccc54)cccc3C3c4ccccc4-c4ccccc43)c3cccc1c32.